The Morgan fingerprint density at radius 3 is 2.90 bits per heavy atom. The Hall–Kier alpha value is -2.67. The summed E-state index contributed by atoms with van der Waals surface area (Å²) in [6.07, 6.45) is 4.85. The molecule has 1 spiro atoms. The summed E-state index contributed by atoms with van der Waals surface area (Å²) in [5.41, 5.74) is 4.71. The summed E-state index contributed by atoms with van der Waals surface area (Å²) in [5, 5.41) is 0. The third-order valence-electron chi connectivity index (χ3n) is 6.05. The monoisotopic (exact) mass is 407 g/mol. The van der Waals surface area contributed by atoms with Gasteiger partial charge in [-0.05, 0) is 43.5 Å². The molecule has 0 aromatic carbocycles. The first-order valence-electron chi connectivity index (χ1n) is 10.1. The number of rotatable bonds is 3. The summed E-state index contributed by atoms with van der Waals surface area (Å²) in [4.78, 5) is 27.5. The average Bonchev–Trinajstić information content (AvgIpc) is 3.44. The SMILES string of the molecule is Cc1ncsc1C(=O)N1CC[C@@]2(C1)c1cccn1-c1ncccc1N2CC(C)C. The van der Waals surface area contributed by atoms with Crippen molar-refractivity contribution in [1.82, 2.24) is 19.4 Å². The van der Waals surface area contributed by atoms with Crippen LogP contribution in [0.2, 0.25) is 0 Å². The van der Waals surface area contributed by atoms with Gasteiger partial charge in [-0.25, -0.2) is 9.97 Å². The molecular formula is C22H25N5OS. The van der Waals surface area contributed by atoms with Gasteiger partial charge in [0.2, 0.25) is 0 Å². The van der Waals surface area contributed by atoms with Gasteiger partial charge in [0.25, 0.3) is 5.91 Å². The molecule has 0 bridgehead atoms. The van der Waals surface area contributed by atoms with Crippen molar-refractivity contribution < 1.29 is 4.79 Å². The number of pyridine rings is 1. The lowest BCUT2D eigenvalue weighted by Crippen LogP contribution is -2.54. The molecule has 0 radical (unpaired) electrons. The number of nitrogens with zero attached hydrogens (tertiary/aromatic N) is 5. The first-order valence-corrected chi connectivity index (χ1v) is 11.0. The normalized spacial score (nSPS) is 20.4. The van der Waals surface area contributed by atoms with Crippen molar-refractivity contribution in [1.29, 1.82) is 0 Å². The van der Waals surface area contributed by atoms with Crippen LogP contribution in [0.4, 0.5) is 5.69 Å². The maximum atomic E-state index is 13.2. The number of aryl methyl sites for hydroxylation is 1. The molecule has 150 valence electrons. The number of carbonyl (C=O) groups is 1. The second-order valence-corrected chi connectivity index (χ2v) is 9.24. The van der Waals surface area contributed by atoms with E-state index in [0.717, 1.165) is 41.6 Å². The number of thiazole rings is 1. The van der Waals surface area contributed by atoms with E-state index in [9.17, 15) is 4.79 Å². The molecule has 2 aliphatic rings. The highest BCUT2D eigenvalue weighted by Gasteiger charge is 2.51. The van der Waals surface area contributed by atoms with Crippen molar-refractivity contribution >= 4 is 22.9 Å². The Labute approximate surface area is 174 Å². The van der Waals surface area contributed by atoms with Gasteiger partial charge in [-0.2, -0.15) is 0 Å². The van der Waals surface area contributed by atoms with E-state index >= 15 is 0 Å². The number of fused-ring (bicyclic) bond motifs is 4. The van der Waals surface area contributed by atoms with Crippen LogP contribution in [0, 0.1) is 12.8 Å². The van der Waals surface area contributed by atoms with E-state index in [1.165, 1.54) is 17.0 Å². The van der Waals surface area contributed by atoms with E-state index in [1.54, 1.807) is 5.51 Å². The molecule has 0 N–H and O–H groups in total. The average molecular weight is 408 g/mol. The first kappa shape index (κ1) is 18.4. The third-order valence-corrected chi connectivity index (χ3v) is 6.97. The predicted octanol–water partition coefficient (Wildman–Crippen LogP) is 3.85. The zero-order valence-electron chi connectivity index (χ0n) is 17.0. The molecule has 1 fully saturated rings. The molecule has 1 saturated heterocycles. The van der Waals surface area contributed by atoms with E-state index in [4.69, 9.17) is 0 Å². The van der Waals surface area contributed by atoms with Gasteiger partial charge in [-0.1, -0.05) is 13.8 Å². The summed E-state index contributed by atoms with van der Waals surface area (Å²) in [5.74, 6) is 1.57. The third kappa shape index (κ3) is 2.71. The van der Waals surface area contributed by atoms with Gasteiger partial charge in [0.1, 0.15) is 10.4 Å². The maximum Gasteiger partial charge on any atom is 0.265 e. The van der Waals surface area contributed by atoms with E-state index in [1.807, 2.05) is 24.1 Å². The molecule has 0 aliphatic carbocycles. The maximum absolute atomic E-state index is 13.2. The Balaban J connectivity index is 1.60. The second kappa shape index (κ2) is 6.69. The summed E-state index contributed by atoms with van der Waals surface area (Å²) < 4.78 is 2.21. The summed E-state index contributed by atoms with van der Waals surface area (Å²) in [6.45, 7) is 8.74. The van der Waals surface area contributed by atoms with Crippen molar-refractivity contribution in [2.45, 2.75) is 32.7 Å². The molecule has 6 nitrogen and oxygen atoms in total. The first-order chi connectivity index (χ1) is 14.0. The molecule has 7 heteroatoms. The Morgan fingerprint density at radius 2 is 2.14 bits per heavy atom. The van der Waals surface area contributed by atoms with Crippen LogP contribution in [0.3, 0.4) is 0 Å². The van der Waals surface area contributed by atoms with Gasteiger partial charge in [-0.15, -0.1) is 11.3 Å². The fourth-order valence-corrected chi connectivity index (χ4v) is 5.55. The predicted molar refractivity (Wildman–Crippen MR) is 115 cm³/mol. The van der Waals surface area contributed by atoms with E-state index in [0.29, 0.717) is 12.5 Å². The van der Waals surface area contributed by atoms with Gasteiger partial charge in [0.05, 0.1) is 22.6 Å². The fourth-order valence-electron chi connectivity index (χ4n) is 4.78. The number of anilines is 1. The van der Waals surface area contributed by atoms with Gasteiger partial charge in [0.15, 0.2) is 5.82 Å². The molecule has 3 aromatic rings. The number of hydrogen-bond acceptors (Lipinski definition) is 5. The van der Waals surface area contributed by atoms with Crippen LogP contribution >= 0.6 is 11.3 Å². The minimum atomic E-state index is -0.238. The molecule has 29 heavy (non-hydrogen) atoms. The number of aromatic nitrogens is 3. The Kier molecular flexibility index (Phi) is 4.24. The van der Waals surface area contributed by atoms with Crippen LogP contribution in [0.5, 0.6) is 0 Å². The standard InChI is InChI=1S/C22H25N5OS/c1-15(2)12-27-17-6-4-9-23-20(17)26-10-5-7-18(26)22(27)8-11-25(13-22)21(28)19-16(3)24-14-29-19/h4-7,9-10,14-15H,8,11-13H2,1-3H3/t22-/m1/s1. The van der Waals surface area contributed by atoms with Crippen LogP contribution in [0.25, 0.3) is 5.82 Å². The lowest BCUT2D eigenvalue weighted by molar-refractivity contribution is 0.0785. The van der Waals surface area contributed by atoms with Gasteiger partial charge < -0.3 is 14.4 Å². The zero-order chi connectivity index (χ0) is 20.2. The Bertz CT molecular complexity index is 1070. The lowest BCUT2D eigenvalue weighted by Gasteiger charge is -2.47. The number of amides is 1. The molecule has 1 amide bonds. The minimum Gasteiger partial charge on any atom is -0.355 e. The van der Waals surface area contributed by atoms with Crippen molar-refractivity contribution in [2.75, 3.05) is 24.5 Å². The van der Waals surface area contributed by atoms with E-state index in [2.05, 4.69) is 57.7 Å². The lowest BCUT2D eigenvalue weighted by atomic mass is 9.88. The topological polar surface area (TPSA) is 54.3 Å². The number of carbonyl (C=O) groups excluding carboxylic acids is 1. The number of hydrogen-bond donors (Lipinski definition) is 0. The smallest absolute Gasteiger partial charge is 0.265 e. The van der Waals surface area contributed by atoms with Crippen molar-refractivity contribution in [3.8, 4) is 5.82 Å². The van der Waals surface area contributed by atoms with Crippen LogP contribution in [0.15, 0.2) is 42.2 Å². The molecule has 5 heterocycles. The highest BCUT2D eigenvalue weighted by Crippen LogP contribution is 2.47. The van der Waals surface area contributed by atoms with Crippen molar-refractivity contribution in [3.63, 3.8) is 0 Å². The highest BCUT2D eigenvalue weighted by atomic mass is 32.1. The Morgan fingerprint density at radius 1 is 1.28 bits per heavy atom. The van der Waals surface area contributed by atoms with Crippen molar-refractivity contribution in [2.24, 2.45) is 5.92 Å². The summed E-state index contributed by atoms with van der Waals surface area (Å²) >= 11 is 1.44. The molecule has 1 atom stereocenters. The molecule has 2 aliphatic heterocycles. The van der Waals surface area contributed by atoms with Gasteiger partial charge in [-0.3, -0.25) is 4.79 Å². The summed E-state index contributed by atoms with van der Waals surface area (Å²) in [6, 6.07) is 8.45. The van der Waals surface area contributed by atoms with Gasteiger partial charge in [0, 0.05) is 32.0 Å². The molecule has 0 unspecified atom stereocenters. The van der Waals surface area contributed by atoms with Crippen LogP contribution in [-0.4, -0.2) is 45.0 Å². The van der Waals surface area contributed by atoms with Crippen LogP contribution in [-0.2, 0) is 5.54 Å². The van der Waals surface area contributed by atoms with Crippen molar-refractivity contribution in [3.05, 3.63) is 58.4 Å². The van der Waals surface area contributed by atoms with Gasteiger partial charge >= 0.3 is 0 Å². The van der Waals surface area contributed by atoms with Crippen LogP contribution in [0.1, 0.15) is 41.3 Å². The second-order valence-electron chi connectivity index (χ2n) is 8.39. The zero-order valence-corrected chi connectivity index (χ0v) is 17.8. The molecule has 3 aromatic heterocycles. The largest absolute Gasteiger partial charge is 0.355 e. The van der Waals surface area contributed by atoms with E-state index < -0.39 is 0 Å². The van der Waals surface area contributed by atoms with E-state index in [-0.39, 0.29) is 11.4 Å². The highest BCUT2D eigenvalue weighted by molar-refractivity contribution is 7.11. The summed E-state index contributed by atoms with van der Waals surface area (Å²) in [7, 11) is 0. The fraction of sp³-hybridized carbons (Fsp3) is 0.409. The molecule has 0 saturated carbocycles. The number of likely N-dealkylation sites (tertiary alicyclic amines) is 1. The quantitative estimate of drug-likeness (QED) is 0.662. The minimum absolute atomic E-state index is 0.0986. The molecular weight excluding hydrogens is 382 g/mol. The van der Waals surface area contributed by atoms with Crippen LogP contribution < -0.4 is 4.90 Å². The molecule has 5 rings (SSSR count).